The van der Waals surface area contributed by atoms with E-state index in [-0.39, 0.29) is 16.3 Å². The molecular formula is C16H28N2O3S. The van der Waals surface area contributed by atoms with Gasteiger partial charge in [-0.2, -0.15) is 0 Å². The Balaban J connectivity index is 2.79. The van der Waals surface area contributed by atoms with Crippen molar-refractivity contribution in [2.45, 2.75) is 59.4 Å². The van der Waals surface area contributed by atoms with Crippen LogP contribution in [0.4, 0.5) is 0 Å². The highest BCUT2D eigenvalue weighted by Gasteiger charge is 2.23. The maximum atomic E-state index is 11.7. The normalized spacial score (nSPS) is 11.9. The number of carbonyl (C=O) groups is 1. The molecule has 0 radical (unpaired) electrons. The number of aromatic nitrogens is 1. The van der Waals surface area contributed by atoms with Gasteiger partial charge in [-0.05, 0) is 19.9 Å². The molecular weight excluding hydrogens is 300 g/mol. The summed E-state index contributed by atoms with van der Waals surface area (Å²) in [6, 6.07) is 0. The first-order chi connectivity index (χ1) is 10.3. The van der Waals surface area contributed by atoms with Gasteiger partial charge in [-0.15, -0.1) is 0 Å². The number of carbonyl (C=O) groups excluding carboxylic acids is 1. The highest BCUT2D eigenvalue weighted by molar-refractivity contribution is 7.09. The molecule has 0 aliphatic carbocycles. The third-order valence-corrected chi connectivity index (χ3v) is 4.18. The van der Waals surface area contributed by atoms with Gasteiger partial charge in [0.15, 0.2) is 0 Å². The summed E-state index contributed by atoms with van der Waals surface area (Å²) in [6.07, 6.45) is 1.39. The lowest BCUT2D eigenvalue weighted by molar-refractivity contribution is -0.143. The van der Waals surface area contributed by atoms with Crippen LogP contribution >= 0.6 is 11.3 Å². The topological polar surface area (TPSA) is 62.4 Å². The molecule has 0 saturated heterocycles. The van der Waals surface area contributed by atoms with Crippen LogP contribution in [-0.4, -0.2) is 35.5 Å². The van der Waals surface area contributed by atoms with E-state index in [1.807, 2.05) is 6.92 Å². The third kappa shape index (κ3) is 5.93. The summed E-state index contributed by atoms with van der Waals surface area (Å²) in [5, 5.41) is 0. The Morgan fingerprint density at radius 1 is 1.27 bits per heavy atom. The van der Waals surface area contributed by atoms with E-state index in [0.29, 0.717) is 26.1 Å². The van der Waals surface area contributed by atoms with Crippen molar-refractivity contribution in [1.82, 2.24) is 9.88 Å². The number of hydrogen-bond donors (Lipinski definition) is 1. The minimum atomic E-state index is -0.165. The van der Waals surface area contributed by atoms with Gasteiger partial charge in [-0.3, -0.25) is 14.5 Å². The second-order valence-electron chi connectivity index (χ2n) is 6.39. The molecule has 22 heavy (non-hydrogen) atoms. The Morgan fingerprint density at radius 3 is 2.50 bits per heavy atom. The number of esters is 1. The molecule has 0 amide bonds. The number of nitrogens with one attached hydrogen (secondary N) is 1. The molecule has 0 aliphatic rings. The molecule has 0 unspecified atom stereocenters. The summed E-state index contributed by atoms with van der Waals surface area (Å²) in [6.45, 7) is 12.9. The minimum absolute atomic E-state index is 0.0123. The van der Waals surface area contributed by atoms with E-state index in [1.165, 1.54) is 11.3 Å². The summed E-state index contributed by atoms with van der Waals surface area (Å²) >= 11 is 1.27. The molecule has 0 aliphatic heterocycles. The molecule has 1 rings (SSSR count). The van der Waals surface area contributed by atoms with Crippen LogP contribution < -0.4 is 4.87 Å². The first-order valence-electron chi connectivity index (χ1n) is 7.88. The van der Waals surface area contributed by atoms with Crippen LogP contribution in [0, 0.1) is 0 Å². The van der Waals surface area contributed by atoms with Crippen molar-refractivity contribution in [3.05, 3.63) is 20.2 Å². The zero-order chi connectivity index (χ0) is 16.8. The lowest BCUT2D eigenvalue weighted by Gasteiger charge is -2.24. The quantitative estimate of drug-likeness (QED) is 0.745. The molecule has 1 N–H and O–H groups in total. The van der Waals surface area contributed by atoms with Crippen molar-refractivity contribution >= 4 is 17.3 Å². The van der Waals surface area contributed by atoms with Gasteiger partial charge in [0.05, 0.1) is 13.0 Å². The van der Waals surface area contributed by atoms with E-state index in [2.05, 4.69) is 37.6 Å². The monoisotopic (exact) mass is 328 g/mol. The number of ether oxygens (including phenoxy) is 1. The Bertz CT molecular complexity index is 528. The van der Waals surface area contributed by atoms with Gasteiger partial charge in [0.2, 0.25) is 0 Å². The average Bonchev–Trinajstić information content (AvgIpc) is 2.77. The Labute approximate surface area is 136 Å². The molecule has 0 atom stereocenters. The van der Waals surface area contributed by atoms with Crippen molar-refractivity contribution in [3.63, 3.8) is 0 Å². The largest absolute Gasteiger partial charge is 0.466 e. The van der Waals surface area contributed by atoms with Gasteiger partial charge < -0.3 is 9.72 Å². The number of thiazole rings is 1. The lowest BCUT2D eigenvalue weighted by atomic mass is 9.91. The van der Waals surface area contributed by atoms with Gasteiger partial charge in [0, 0.05) is 29.1 Å². The van der Waals surface area contributed by atoms with Crippen LogP contribution in [-0.2, 0) is 21.5 Å². The fourth-order valence-electron chi connectivity index (χ4n) is 2.35. The van der Waals surface area contributed by atoms with E-state index in [1.54, 1.807) is 0 Å². The molecule has 1 aromatic rings. The summed E-state index contributed by atoms with van der Waals surface area (Å²) < 4.78 is 4.98. The first-order valence-corrected chi connectivity index (χ1v) is 8.70. The van der Waals surface area contributed by atoms with Gasteiger partial charge in [0.25, 0.3) is 0 Å². The van der Waals surface area contributed by atoms with Crippen molar-refractivity contribution in [2.75, 3.05) is 19.7 Å². The van der Waals surface area contributed by atoms with Crippen molar-refractivity contribution < 1.29 is 9.53 Å². The number of nitrogens with zero attached hydrogens (tertiary/aromatic N) is 1. The van der Waals surface area contributed by atoms with Crippen LogP contribution in [0.25, 0.3) is 0 Å². The van der Waals surface area contributed by atoms with Gasteiger partial charge in [0.1, 0.15) is 0 Å². The number of H-pyrrole nitrogens is 1. The smallest absolute Gasteiger partial charge is 0.307 e. The van der Waals surface area contributed by atoms with Gasteiger partial charge in [-0.25, -0.2) is 0 Å². The molecule has 0 bridgehead atoms. The van der Waals surface area contributed by atoms with E-state index in [9.17, 15) is 9.59 Å². The zero-order valence-electron chi connectivity index (χ0n) is 14.3. The van der Waals surface area contributed by atoms with Crippen molar-refractivity contribution in [2.24, 2.45) is 0 Å². The average molecular weight is 328 g/mol. The highest BCUT2D eigenvalue weighted by Crippen LogP contribution is 2.26. The Morgan fingerprint density at radius 2 is 1.95 bits per heavy atom. The predicted octanol–water partition coefficient (Wildman–Crippen LogP) is 2.90. The predicted molar refractivity (Wildman–Crippen MR) is 90.5 cm³/mol. The van der Waals surface area contributed by atoms with Gasteiger partial charge in [-0.1, -0.05) is 39.0 Å². The minimum Gasteiger partial charge on any atom is -0.466 e. The van der Waals surface area contributed by atoms with Gasteiger partial charge >= 0.3 is 10.8 Å². The second-order valence-corrected chi connectivity index (χ2v) is 7.46. The SMILES string of the molecule is CCCN(CCC(=O)OCC)Cc1sc(=O)[nH]c1C(C)(C)C. The number of rotatable bonds is 8. The van der Waals surface area contributed by atoms with Crippen LogP contribution in [0.15, 0.2) is 4.79 Å². The molecule has 0 fully saturated rings. The fourth-order valence-corrected chi connectivity index (χ4v) is 3.43. The van der Waals surface area contributed by atoms with Crippen molar-refractivity contribution in [1.29, 1.82) is 0 Å². The van der Waals surface area contributed by atoms with E-state index in [4.69, 9.17) is 4.74 Å². The molecule has 1 heterocycles. The van der Waals surface area contributed by atoms with Crippen LogP contribution in [0.2, 0.25) is 0 Å². The molecule has 5 nitrogen and oxygen atoms in total. The zero-order valence-corrected chi connectivity index (χ0v) is 15.1. The first kappa shape index (κ1) is 18.9. The maximum absolute atomic E-state index is 11.7. The molecule has 126 valence electrons. The second kappa shape index (κ2) is 8.48. The van der Waals surface area contributed by atoms with Crippen LogP contribution in [0.1, 0.15) is 58.0 Å². The maximum Gasteiger partial charge on any atom is 0.307 e. The number of aromatic amines is 1. The van der Waals surface area contributed by atoms with E-state index >= 15 is 0 Å². The standard InChI is InChI=1S/C16H28N2O3S/c1-6-9-18(10-8-13(19)21-7-2)11-12-14(16(3,4)5)17-15(20)22-12/h6-11H2,1-5H3,(H,17,20). The molecule has 1 aromatic heterocycles. The highest BCUT2D eigenvalue weighted by atomic mass is 32.1. The third-order valence-electron chi connectivity index (χ3n) is 3.32. The Hall–Kier alpha value is -1.14. The van der Waals surface area contributed by atoms with Crippen LogP contribution in [0.3, 0.4) is 0 Å². The summed E-state index contributed by atoms with van der Waals surface area (Å²) in [4.78, 5) is 29.5. The van der Waals surface area contributed by atoms with E-state index < -0.39 is 0 Å². The summed E-state index contributed by atoms with van der Waals surface area (Å²) in [5.41, 5.74) is 0.910. The fraction of sp³-hybridized carbons (Fsp3) is 0.750. The lowest BCUT2D eigenvalue weighted by Crippen LogP contribution is -2.28. The Kier molecular flexibility index (Phi) is 7.29. The molecule has 6 heteroatoms. The van der Waals surface area contributed by atoms with Crippen molar-refractivity contribution in [3.8, 4) is 0 Å². The summed E-state index contributed by atoms with van der Waals surface area (Å²) in [5.74, 6) is -0.165. The molecule has 0 spiro atoms. The summed E-state index contributed by atoms with van der Waals surface area (Å²) in [7, 11) is 0. The van der Waals surface area contributed by atoms with Crippen LogP contribution in [0.5, 0.6) is 0 Å². The molecule has 0 aromatic carbocycles. The number of hydrogen-bond acceptors (Lipinski definition) is 5. The molecule has 0 saturated carbocycles. The van der Waals surface area contributed by atoms with E-state index in [0.717, 1.165) is 23.5 Å².